The molecule has 0 radical (unpaired) electrons. The topological polar surface area (TPSA) is 147 Å². The van der Waals surface area contributed by atoms with Gasteiger partial charge in [-0.15, -0.1) is 0 Å². The summed E-state index contributed by atoms with van der Waals surface area (Å²) in [6.45, 7) is 8.81. The monoisotopic (exact) mass is 584 g/mol. The highest BCUT2D eigenvalue weighted by molar-refractivity contribution is 6.32. The molecule has 0 bridgehead atoms. The van der Waals surface area contributed by atoms with Crippen LogP contribution in [-0.4, -0.2) is 49.2 Å². The second kappa shape index (κ2) is 11.4. The number of benzene rings is 2. The Balaban J connectivity index is 1.52. The summed E-state index contributed by atoms with van der Waals surface area (Å²) in [6, 6.07) is 10.7. The lowest BCUT2D eigenvalue weighted by Crippen LogP contribution is -2.33. The molecule has 5 rings (SSSR count). The van der Waals surface area contributed by atoms with Gasteiger partial charge in [-0.25, -0.2) is 14.6 Å². The molecule has 3 aromatic rings. The van der Waals surface area contributed by atoms with E-state index in [0.29, 0.717) is 11.0 Å². The molecule has 0 saturated heterocycles. The standard InChI is InChI=1S/C31H28N4O8/c1-5-33(6-2)20-9-8-18-11-23(31(41)43-24(18)15-20)28(38)32-19-12-21(34-26(36)10-17(4)29(34)39)14-22(13-19)35-27(37)16-25(30(35)40)42-7-3/h8-16H,5-7H2,1-4H3,(H,32,38). The first-order valence-electron chi connectivity index (χ1n) is 13.6. The van der Waals surface area contributed by atoms with Crippen molar-refractivity contribution in [3.05, 3.63) is 81.9 Å². The molecule has 2 aromatic carbocycles. The summed E-state index contributed by atoms with van der Waals surface area (Å²) in [7, 11) is 0. The van der Waals surface area contributed by atoms with Gasteiger partial charge < -0.3 is 19.4 Å². The van der Waals surface area contributed by atoms with Gasteiger partial charge >= 0.3 is 11.5 Å². The highest BCUT2D eigenvalue weighted by atomic mass is 16.5. The predicted molar refractivity (Wildman–Crippen MR) is 159 cm³/mol. The molecule has 0 saturated carbocycles. The number of fused-ring (bicyclic) bond motifs is 1. The van der Waals surface area contributed by atoms with Crippen molar-refractivity contribution < 1.29 is 33.1 Å². The number of nitrogens with one attached hydrogen (secondary N) is 1. The van der Waals surface area contributed by atoms with Gasteiger partial charge in [-0.3, -0.25) is 24.0 Å². The summed E-state index contributed by atoms with van der Waals surface area (Å²) in [5, 5.41) is 3.10. The number of imide groups is 2. The van der Waals surface area contributed by atoms with Crippen LogP contribution in [0.1, 0.15) is 38.1 Å². The van der Waals surface area contributed by atoms with E-state index in [1.807, 2.05) is 19.9 Å². The highest BCUT2D eigenvalue weighted by Crippen LogP contribution is 2.34. The normalized spacial score (nSPS) is 14.9. The van der Waals surface area contributed by atoms with E-state index in [1.165, 1.54) is 31.2 Å². The van der Waals surface area contributed by atoms with Crippen molar-refractivity contribution in [3.8, 4) is 0 Å². The molecule has 1 N–H and O–H groups in total. The zero-order valence-electron chi connectivity index (χ0n) is 23.9. The van der Waals surface area contributed by atoms with Gasteiger partial charge in [0.2, 0.25) is 0 Å². The van der Waals surface area contributed by atoms with E-state index >= 15 is 0 Å². The fourth-order valence-corrected chi connectivity index (χ4v) is 4.95. The number of hydrogen-bond acceptors (Lipinski definition) is 9. The van der Waals surface area contributed by atoms with Crippen molar-refractivity contribution in [1.29, 1.82) is 0 Å². The van der Waals surface area contributed by atoms with Gasteiger partial charge in [0.1, 0.15) is 11.1 Å². The molecule has 0 atom stereocenters. The number of nitrogens with zero attached hydrogens (tertiary/aromatic N) is 3. The summed E-state index contributed by atoms with van der Waals surface area (Å²) < 4.78 is 10.7. The molecule has 0 aliphatic carbocycles. The van der Waals surface area contributed by atoms with Crippen LogP contribution in [0.5, 0.6) is 0 Å². The molecular weight excluding hydrogens is 556 g/mol. The van der Waals surface area contributed by atoms with Gasteiger partial charge in [0.05, 0.1) is 24.1 Å². The summed E-state index contributed by atoms with van der Waals surface area (Å²) in [5.41, 5.74) is 0.160. The fraction of sp³-hybridized carbons (Fsp3) is 0.226. The Kier molecular flexibility index (Phi) is 7.68. The smallest absolute Gasteiger partial charge is 0.349 e. The van der Waals surface area contributed by atoms with Crippen molar-refractivity contribution in [1.82, 2.24) is 0 Å². The number of ether oxygens (including phenoxy) is 1. The maximum atomic E-state index is 13.3. The number of anilines is 4. The summed E-state index contributed by atoms with van der Waals surface area (Å²) in [5.74, 6) is -3.72. The Hall–Kier alpha value is -5.52. The van der Waals surface area contributed by atoms with Gasteiger partial charge in [-0.2, -0.15) is 0 Å². The fourth-order valence-electron chi connectivity index (χ4n) is 4.95. The average molecular weight is 585 g/mol. The third-order valence-electron chi connectivity index (χ3n) is 7.06. The van der Waals surface area contributed by atoms with E-state index in [0.717, 1.165) is 40.7 Å². The largest absolute Gasteiger partial charge is 0.488 e. The first-order chi connectivity index (χ1) is 20.6. The van der Waals surface area contributed by atoms with Crippen LogP contribution < -0.4 is 25.6 Å². The zero-order chi connectivity index (χ0) is 31.0. The van der Waals surface area contributed by atoms with Gasteiger partial charge in [0, 0.05) is 47.6 Å². The minimum absolute atomic E-state index is 0.00385. The number of amides is 5. The molecule has 12 heteroatoms. The molecule has 2 aliphatic rings. The van der Waals surface area contributed by atoms with E-state index in [9.17, 15) is 28.8 Å². The van der Waals surface area contributed by atoms with Crippen LogP contribution in [0.15, 0.2) is 75.2 Å². The van der Waals surface area contributed by atoms with E-state index in [1.54, 1.807) is 19.1 Å². The van der Waals surface area contributed by atoms with Crippen LogP contribution in [0.4, 0.5) is 22.7 Å². The Morgan fingerprint density at radius 3 is 2.12 bits per heavy atom. The summed E-state index contributed by atoms with van der Waals surface area (Å²) in [4.78, 5) is 81.1. The second-order valence-corrected chi connectivity index (χ2v) is 9.76. The number of hydrogen-bond donors (Lipinski definition) is 1. The Labute approximate surface area is 245 Å². The average Bonchev–Trinajstić information content (AvgIpc) is 3.39. The van der Waals surface area contributed by atoms with Crippen molar-refractivity contribution in [2.75, 3.05) is 39.7 Å². The van der Waals surface area contributed by atoms with Crippen LogP contribution >= 0.6 is 0 Å². The summed E-state index contributed by atoms with van der Waals surface area (Å²) in [6.07, 6.45) is 2.18. The van der Waals surface area contributed by atoms with Crippen LogP contribution in [0.2, 0.25) is 0 Å². The van der Waals surface area contributed by atoms with Crippen molar-refractivity contribution in [3.63, 3.8) is 0 Å². The number of carbonyl (C=O) groups is 5. The molecule has 3 heterocycles. The maximum absolute atomic E-state index is 13.3. The minimum Gasteiger partial charge on any atom is -0.488 e. The molecule has 0 unspecified atom stereocenters. The van der Waals surface area contributed by atoms with Gasteiger partial charge in [0.15, 0.2) is 5.76 Å². The van der Waals surface area contributed by atoms with Crippen LogP contribution in [0, 0.1) is 0 Å². The SMILES string of the molecule is CCOC1=CC(=O)N(c2cc(NC(=O)c3cc4ccc(N(CC)CC)cc4oc3=O)cc(N3C(=O)C=C(C)C3=O)c2)C1=O. The highest BCUT2D eigenvalue weighted by Gasteiger charge is 2.36. The van der Waals surface area contributed by atoms with Crippen molar-refractivity contribution in [2.45, 2.75) is 27.7 Å². The Morgan fingerprint density at radius 2 is 1.51 bits per heavy atom. The number of rotatable bonds is 9. The Bertz CT molecular complexity index is 1830. The Morgan fingerprint density at radius 1 is 0.860 bits per heavy atom. The minimum atomic E-state index is -0.877. The second-order valence-electron chi connectivity index (χ2n) is 9.76. The van der Waals surface area contributed by atoms with E-state index in [-0.39, 0.29) is 40.6 Å². The van der Waals surface area contributed by atoms with E-state index in [2.05, 4.69) is 10.2 Å². The quantitative estimate of drug-likeness (QED) is 0.295. The molecule has 2 aliphatic heterocycles. The lowest BCUT2D eigenvalue weighted by molar-refractivity contribution is -0.122. The summed E-state index contributed by atoms with van der Waals surface area (Å²) >= 11 is 0. The van der Waals surface area contributed by atoms with Gasteiger partial charge in [-0.05, 0) is 64.1 Å². The molecule has 0 spiro atoms. The van der Waals surface area contributed by atoms with E-state index < -0.39 is 35.2 Å². The van der Waals surface area contributed by atoms with Gasteiger partial charge in [-0.1, -0.05) is 0 Å². The molecule has 43 heavy (non-hydrogen) atoms. The first kappa shape index (κ1) is 29.0. The molecule has 220 valence electrons. The molecule has 12 nitrogen and oxygen atoms in total. The lowest BCUT2D eigenvalue weighted by Gasteiger charge is -2.21. The predicted octanol–water partition coefficient (Wildman–Crippen LogP) is 3.50. The van der Waals surface area contributed by atoms with Crippen molar-refractivity contribution in [2.24, 2.45) is 0 Å². The van der Waals surface area contributed by atoms with Crippen molar-refractivity contribution >= 4 is 63.3 Å². The molecular formula is C31H28N4O8. The van der Waals surface area contributed by atoms with Gasteiger partial charge in [0.25, 0.3) is 23.6 Å². The number of carbonyl (C=O) groups excluding carboxylic acids is 5. The molecule has 0 fully saturated rings. The third-order valence-corrected chi connectivity index (χ3v) is 7.06. The first-order valence-corrected chi connectivity index (χ1v) is 13.6. The molecule has 5 amide bonds. The van der Waals surface area contributed by atoms with E-state index in [4.69, 9.17) is 9.15 Å². The molecule has 1 aromatic heterocycles. The van der Waals surface area contributed by atoms with Crippen LogP contribution in [0.3, 0.4) is 0 Å². The maximum Gasteiger partial charge on any atom is 0.349 e. The van der Waals surface area contributed by atoms with Crippen LogP contribution in [-0.2, 0) is 23.9 Å². The lowest BCUT2D eigenvalue weighted by atomic mass is 10.1. The third kappa shape index (κ3) is 5.30. The van der Waals surface area contributed by atoms with Crippen LogP contribution in [0.25, 0.3) is 11.0 Å². The zero-order valence-corrected chi connectivity index (χ0v) is 23.9.